The van der Waals surface area contributed by atoms with Crippen LogP contribution in [0.2, 0.25) is 0 Å². The van der Waals surface area contributed by atoms with E-state index in [4.69, 9.17) is 14.6 Å². The minimum Gasteiger partial charge on any atom is -0.394 e. The largest absolute Gasteiger partial charge is 0.394 e. The summed E-state index contributed by atoms with van der Waals surface area (Å²) in [5, 5.41) is 18.9. The quantitative estimate of drug-likeness (QED) is 0.491. The second-order valence-electron chi connectivity index (χ2n) is 4.00. The second kappa shape index (κ2) is 5.02. The van der Waals surface area contributed by atoms with Gasteiger partial charge in [0.2, 0.25) is 0 Å². The molecule has 1 aliphatic heterocycles. The van der Waals surface area contributed by atoms with Crippen molar-refractivity contribution in [2.75, 3.05) is 13.7 Å². The smallest absolute Gasteiger partial charge is 0.325 e. The predicted octanol–water partition coefficient (Wildman–Crippen LogP) is -2.13. The molecule has 8 nitrogen and oxygen atoms in total. The van der Waals surface area contributed by atoms with Crippen LogP contribution in [0.4, 0.5) is 0 Å². The number of hydrogen-bond acceptors (Lipinski definition) is 6. The highest BCUT2D eigenvalue weighted by Gasteiger charge is 2.45. The monoisotopic (exact) mass is 258 g/mol. The fourth-order valence-corrected chi connectivity index (χ4v) is 2.03. The van der Waals surface area contributed by atoms with E-state index in [9.17, 15) is 14.7 Å². The van der Waals surface area contributed by atoms with Gasteiger partial charge in [0.15, 0.2) is 0 Å². The number of aliphatic hydroxyl groups is 2. The highest BCUT2D eigenvalue weighted by atomic mass is 16.6. The summed E-state index contributed by atoms with van der Waals surface area (Å²) in [4.78, 5) is 26.9. The molecule has 4 unspecified atom stereocenters. The van der Waals surface area contributed by atoms with Crippen LogP contribution in [0, 0.1) is 0 Å². The molecular weight excluding hydrogens is 244 g/mol. The Bertz CT molecular complexity index is 524. The molecule has 1 aromatic rings. The molecular formula is C10H14N2O6. The van der Waals surface area contributed by atoms with Gasteiger partial charge in [-0.05, 0) is 0 Å². The third kappa shape index (κ3) is 2.10. The number of aliphatic hydroxyl groups excluding tert-OH is 2. The van der Waals surface area contributed by atoms with E-state index in [2.05, 4.69) is 9.97 Å². The second-order valence-corrected chi connectivity index (χ2v) is 4.00. The molecule has 2 heterocycles. The number of H-pyrrole nitrogens is 2. The lowest BCUT2D eigenvalue weighted by molar-refractivity contribution is -0.0240. The Labute approximate surface area is 101 Å². The van der Waals surface area contributed by atoms with Crippen molar-refractivity contribution in [1.29, 1.82) is 0 Å². The van der Waals surface area contributed by atoms with Crippen molar-refractivity contribution in [1.82, 2.24) is 9.97 Å². The van der Waals surface area contributed by atoms with Crippen LogP contribution in [0.5, 0.6) is 0 Å². The topological polar surface area (TPSA) is 125 Å². The highest BCUT2D eigenvalue weighted by molar-refractivity contribution is 5.13. The van der Waals surface area contributed by atoms with Crippen LogP contribution in [0.15, 0.2) is 15.8 Å². The van der Waals surface area contributed by atoms with E-state index >= 15 is 0 Å². The van der Waals surface area contributed by atoms with Crippen LogP contribution in [-0.4, -0.2) is 52.2 Å². The lowest BCUT2D eigenvalue weighted by atomic mass is 10.0. The van der Waals surface area contributed by atoms with Gasteiger partial charge < -0.3 is 24.7 Å². The molecule has 1 aliphatic rings. The van der Waals surface area contributed by atoms with Gasteiger partial charge in [-0.1, -0.05) is 0 Å². The minimum atomic E-state index is -1.05. The fourth-order valence-electron chi connectivity index (χ4n) is 2.03. The van der Waals surface area contributed by atoms with Crippen LogP contribution in [0.3, 0.4) is 0 Å². The first-order valence-corrected chi connectivity index (χ1v) is 5.37. The molecule has 18 heavy (non-hydrogen) atoms. The summed E-state index contributed by atoms with van der Waals surface area (Å²) in [5.74, 6) is 0. The van der Waals surface area contributed by atoms with Crippen LogP contribution in [0.25, 0.3) is 0 Å². The SMILES string of the molecule is COC1C(c2c[nH]c(=O)[nH]c2=O)OC(CO)C1O. The Balaban J connectivity index is 2.38. The maximum absolute atomic E-state index is 11.6. The normalized spacial score (nSPS) is 31.7. The van der Waals surface area contributed by atoms with Gasteiger partial charge in [0, 0.05) is 13.3 Å². The van der Waals surface area contributed by atoms with E-state index in [1.165, 1.54) is 13.3 Å². The molecule has 0 spiro atoms. The lowest BCUT2D eigenvalue weighted by Crippen LogP contribution is -2.35. The van der Waals surface area contributed by atoms with Gasteiger partial charge in [-0.3, -0.25) is 9.78 Å². The van der Waals surface area contributed by atoms with E-state index in [1.807, 2.05) is 0 Å². The first kappa shape index (κ1) is 13.0. The summed E-state index contributed by atoms with van der Waals surface area (Å²) < 4.78 is 10.4. The predicted molar refractivity (Wildman–Crippen MR) is 59.2 cm³/mol. The van der Waals surface area contributed by atoms with Crippen molar-refractivity contribution in [2.24, 2.45) is 0 Å². The van der Waals surface area contributed by atoms with Crippen LogP contribution in [0.1, 0.15) is 11.7 Å². The molecule has 2 rings (SSSR count). The molecule has 1 aromatic heterocycles. The van der Waals surface area contributed by atoms with E-state index in [0.29, 0.717) is 0 Å². The molecule has 8 heteroatoms. The van der Waals surface area contributed by atoms with Gasteiger partial charge in [-0.25, -0.2) is 4.79 Å². The molecule has 0 saturated carbocycles. The zero-order valence-corrected chi connectivity index (χ0v) is 9.62. The van der Waals surface area contributed by atoms with Crippen molar-refractivity contribution in [3.05, 3.63) is 32.6 Å². The average molecular weight is 258 g/mol. The minimum absolute atomic E-state index is 0.136. The van der Waals surface area contributed by atoms with Crippen LogP contribution < -0.4 is 11.2 Å². The van der Waals surface area contributed by atoms with Gasteiger partial charge in [0.25, 0.3) is 5.56 Å². The Hall–Kier alpha value is -1.48. The molecule has 0 radical (unpaired) electrons. The fraction of sp³-hybridized carbons (Fsp3) is 0.600. The van der Waals surface area contributed by atoms with Gasteiger partial charge in [0.1, 0.15) is 24.4 Å². The molecule has 0 aromatic carbocycles. The number of rotatable bonds is 3. The van der Waals surface area contributed by atoms with Gasteiger partial charge in [0.05, 0.1) is 12.2 Å². The Kier molecular flexibility index (Phi) is 3.62. The van der Waals surface area contributed by atoms with Crippen molar-refractivity contribution in [3.8, 4) is 0 Å². The molecule has 0 amide bonds. The number of hydrogen-bond donors (Lipinski definition) is 4. The average Bonchev–Trinajstić information content (AvgIpc) is 2.65. The molecule has 4 N–H and O–H groups in total. The van der Waals surface area contributed by atoms with Gasteiger partial charge >= 0.3 is 5.69 Å². The molecule has 100 valence electrons. The number of methoxy groups -OCH3 is 1. The summed E-state index contributed by atoms with van der Waals surface area (Å²) in [6.07, 6.45) is -2.29. The third-order valence-electron chi connectivity index (χ3n) is 2.94. The Morgan fingerprint density at radius 2 is 2.22 bits per heavy atom. The molecule has 0 bridgehead atoms. The molecule has 0 aliphatic carbocycles. The summed E-state index contributed by atoms with van der Waals surface area (Å²) in [5.41, 5.74) is -1.11. The molecule has 1 fully saturated rings. The molecule has 4 atom stereocenters. The van der Waals surface area contributed by atoms with E-state index < -0.39 is 42.3 Å². The maximum Gasteiger partial charge on any atom is 0.325 e. The van der Waals surface area contributed by atoms with E-state index in [1.54, 1.807) is 0 Å². The Morgan fingerprint density at radius 3 is 2.78 bits per heavy atom. The number of aromatic nitrogens is 2. The third-order valence-corrected chi connectivity index (χ3v) is 2.94. The maximum atomic E-state index is 11.6. The first-order chi connectivity index (χ1) is 8.58. The van der Waals surface area contributed by atoms with Crippen LogP contribution in [-0.2, 0) is 9.47 Å². The van der Waals surface area contributed by atoms with E-state index in [0.717, 1.165) is 0 Å². The van der Waals surface area contributed by atoms with Gasteiger partial charge in [-0.2, -0.15) is 0 Å². The summed E-state index contributed by atoms with van der Waals surface area (Å²) in [6, 6.07) is 0. The summed E-state index contributed by atoms with van der Waals surface area (Å²) in [6.45, 7) is -0.390. The number of aromatic amines is 2. The zero-order valence-electron chi connectivity index (χ0n) is 9.62. The summed E-state index contributed by atoms with van der Waals surface area (Å²) >= 11 is 0. The van der Waals surface area contributed by atoms with Crippen molar-refractivity contribution in [2.45, 2.75) is 24.4 Å². The van der Waals surface area contributed by atoms with Crippen molar-refractivity contribution < 1.29 is 19.7 Å². The molecule has 1 saturated heterocycles. The first-order valence-electron chi connectivity index (χ1n) is 5.37. The number of ether oxygens (including phenoxy) is 2. The lowest BCUT2D eigenvalue weighted by Gasteiger charge is -2.17. The van der Waals surface area contributed by atoms with Crippen LogP contribution >= 0.6 is 0 Å². The van der Waals surface area contributed by atoms with Crippen molar-refractivity contribution in [3.63, 3.8) is 0 Å². The summed E-state index contributed by atoms with van der Waals surface area (Å²) in [7, 11) is 1.36. The van der Waals surface area contributed by atoms with E-state index in [-0.39, 0.29) is 5.56 Å². The number of nitrogens with one attached hydrogen (secondary N) is 2. The van der Waals surface area contributed by atoms with Gasteiger partial charge in [-0.15, -0.1) is 0 Å². The van der Waals surface area contributed by atoms with Crippen molar-refractivity contribution >= 4 is 0 Å². The zero-order chi connectivity index (χ0) is 13.3. The Morgan fingerprint density at radius 1 is 1.50 bits per heavy atom. The highest BCUT2D eigenvalue weighted by Crippen LogP contribution is 2.33. The standard InChI is InChI=1S/C10H14N2O6/c1-17-8-6(14)5(3-13)18-7(8)4-2-11-10(16)12-9(4)15/h2,5-8,13-14H,3H2,1H3,(H2,11,12,15,16).